The van der Waals surface area contributed by atoms with Crippen LogP contribution in [0.4, 0.5) is 0 Å². The van der Waals surface area contributed by atoms with Crippen LogP contribution in [0, 0.1) is 5.41 Å². The molecule has 27 heavy (non-hydrogen) atoms. The average molecular weight is 364 g/mol. The summed E-state index contributed by atoms with van der Waals surface area (Å²) >= 11 is 0. The number of aromatic amines is 1. The normalized spacial score (nSPS) is 23.5. The fraction of sp³-hybridized carbons (Fsp3) is 0.455. The van der Waals surface area contributed by atoms with Gasteiger partial charge in [0.05, 0.1) is 18.2 Å². The van der Waals surface area contributed by atoms with Crippen molar-refractivity contribution in [1.82, 2.24) is 19.8 Å². The molecule has 3 heterocycles. The molecular formula is C22H28N4O. The van der Waals surface area contributed by atoms with Gasteiger partial charge in [-0.25, -0.2) is 4.98 Å². The number of amides is 1. The van der Waals surface area contributed by atoms with Gasteiger partial charge in [-0.05, 0) is 43.9 Å². The largest absolute Gasteiger partial charge is 0.345 e. The predicted octanol–water partition coefficient (Wildman–Crippen LogP) is 2.98. The Morgan fingerprint density at radius 2 is 2.07 bits per heavy atom. The molecule has 2 aromatic rings. The van der Waals surface area contributed by atoms with Gasteiger partial charge in [0.1, 0.15) is 0 Å². The first-order valence-corrected chi connectivity index (χ1v) is 9.94. The third-order valence-electron chi connectivity index (χ3n) is 5.97. The molecule has 4 rings (SSSR count). The summed E-state index contributed by atoms with van der Waals surface area (Å²) < 4.78 is 0. The van der Waals surface area contributed by atoms with Gasteiger partial charge in [0.2, 0.25) is 5.91 Å². The Kier molecular flexibility index (Phi) is 5.39. The van der Waals surface area contributed by atoms with Crippen LogP contribution in [-0.2, 0) is 11.2 Å². The molecule has 1 spiro atoms. The topological polar surface area (TPSA) is 52.2 Å². The zero-order valence-corrected chi connectivity index (χ0v) is 15.8. The summed E-state index contributed by atoms with van der Waals surface area (Å²) in [6.07, 6.45) is 11.5. The number of nitrogens with zero attached hydrogens (tertiary/aromatic N) is 3. The number of benzene rings is 1. The summed E-state index contributed by atoms with van der Waals surface area (Å²) in [4.78, 5) is 24.1. The number of likely N-dealkylation sites (tertiary alicyclic amines) is 2. The maximum Gasteiger partial charge on any atom is 0.246 e. The summed E-state index contributed by atoms with van der Waals surface area (Å²) in [5.41, 5.74) is 2.55. The molecule has 2 saturated heterocycles. The molecule has 1 amide bonds. The van der Waals surface area contributed by atoms with E-state index in [1.807, 2.05) is 11.0 Å². The highest BCUT2D eigenvalue weighted by Gasteiger charge is 2.42. The summed E-state index contributed by atoms with van der Waals surface area (Å²) in [6, 6.07) is 10.7. The van der Waals surface area contributed by atoms with Crippen LogP contribution in [0.1, 0.15) is 30.5 Å². The van der Waals surface area contributed by atoms with Crippen LogP contribution in [0.2, 0.25) is 0 Å². The molecule has 2 fully saturated rings. The van der Waals surface area contributed by atoms with E-state index in [0.717, 1.165) is 44.7 Å². The molecule has 5 nitrogen and oxygen atoms in total. The number of aromatic nitrogens is 2. The van der Waals surface area contributed by atoms with Crippen LogP contribution in [0.25, 0.3) is 6.08 Å². The monoisotopic (exact) mass is 364 g/mol. The van der Waals surface area contributed by atoms with Gasteiger partial charge in [-0.2, -0.15) is 0 Å². The van der Waals surface area contributed by atoms with Crippen LogP contribution in [0.15, 0.2) is 48.9 Å². The number of hydrogen-bond acceptors (Lipinski definition) is 3. The van der Waals surface area contributed by atoms with Crippen LogP contribution >= 0.6 is 0 Å². The SMILES string of the molecule is O=C(C=Cc1cnc[nH]1)N1CCC2(CCCN(CCc3ccccc3)C2)C1. The molecule has 142 valence electrons. The molecular weight excluding hydrogens is 336 g/mol. The van der Waals surface area contributed by atoms with Gasteiger partial charge in [0, 0.05) is 37.7 Å². The maximum atomic E-state index is 12.5. The first-order chi connectivity index (χ1) is 13.2. The van der Waals surface area contributed by atoms with Crippen molar-refractivity contribution >= 4 is 12.0 Å². The van der Waals surface area contributed by atoms with Crippen molar-refractivity contribution in [2.24, 2.45) is 5.41 Å². The van der Waals surface area contributed by atoms with E-state index >= 15 is 0 Å². The molecule has 1 N–H and O–H groups in total. The van der Waals surface area contributed by atoms with Crippen LogP contribution in [-0.4, -0.2) is 58.4 Å². The van der Waals surface area contributed by atoms with E-state index in [9.17, 15) is 4.79 Å². The van der Waals surface area contributed by atoms with Crippen molar-refractivity contribution in [2.75, 3.05) is 32.7 Å². The number of H-pyrrole nitrogens is 1. The van der Waals surface area contributed by atoms with Gasteiger partial charge in [0.25, 0.3) is 0 Å². The van der Waals surface area contributed by atoms with Gasteiger partial charge in [-0.3, -0.25) is 4.79 Å². The molecule has 1 atom stereocenters. The van der Waals surface area contributed by atoms with Gasteiger partial charge in [-0.15, -0.1) is 0 Å². The lowest BCUT2D eigenvalue weighted by Crippen LogP contribution is -2.45. The van der Waals surface area contributed by atoms with Crippen molar-refractivity contribution in [3.63, 3.8) is 0 Å². The van der Waals surface area contributed by atoms with Crippen molar-refractivity contribution in [2.45, 2.75) is 25.7 Å². The van der Waals surface area contributed by atoms with E-state index < -0.39 is 0 Å². The number of hydrogen-bond donors (Lipinski definition) is 1. The van der Waals surface area contributed by atoms with Crippen molar-refractivity contribution in [1.29, 1.82) is 0 Å². The highest BCUT2D eigenvalue weighted by Crippen LogP contribution is 2.39. The summed E-state index contributed by atoms with van der Waals surface area (Å²) in [5.74, 6) is 0.114. The lowest BCUT2D eigenvalue weighted by molar-refractivity contribution is -0.125. The van der Waals surface area contributed by atoms with E-state index in [4.69, 9.17) is 0 Å². The standard InChI is InChI=1S/C22H28N4O/c27-21(8-7-20-15-23-18-24-20)26-14-11-22(17-26)10-4-12-25(16-22)13-9-19-5-2-1-3-6-19/h1-3,5-8,15,18H,4,9-14,16-17H2,(H,23,24). The van der Waals surface area contributed by atoms with Crippen LogP contribution < -0.4 is 0 Å². The van der Waals surface area contributed by atoms with Gasteiger partial charge >= 0.3 is 0 Å². The van der Waals surface area contributed by atoms with Crippen molar-refractivity contribution < 1.29 is 4.79 Å². The quantitative estimate of drug-likeness (QED) is 0.830. The number of nitrogens with one attached hydrogen (secondary N) is 1. The third-order valence-corrected chi connectivity index (χ3v) is 5.97. The van der Waals surface area contributed by atoms with Gasteiger partial charge in [-0.1, -0.05) is 30.3 Å². The molecule has 1 unspecified atom stereocenters. The minimum atomic E-state index is 0.114. The second kappa shape index (κ2) is 8.09. The first-order valence-electron chi connectivity index (χ1n) is 9.94. The maximum absolute atomic E-state index is 12.5. The molecule has 0 saturated carbocycles. The fourth-order valence-corrected chi connectivity index (χ4v) is 4.51. The smallest absolute Gasteiger partial charge is 0.246 e. The molecule has 0 radical (unpaired) electrons. The predicted molar refractivity (Wildman–Crippen MR) is 107 cm³/mol. The fourth-order valence-electron chi connectivity index (χ4n) is 4.51. The van der Waals surface area contributed by atoms with Crippen molar-refractivity contribution in [3.8, 4) is 0 Å². The molecule has 0 bridgehead atoms. The van der Waals surface area contributed by atoms with Crippen LogP contribution in [0.3, 0.4) is 0 Å². The number of carbonyl (C=O) groups is 1. The molecule has 2 aliphatic rings. The lowest BCUT2D eigenvalue weighted by atomic mass is 9.79. The van der Waals surface area contributed by atoms with Gasteiger partial charge < -0.3 is 14.8 Å². The van der Waals surface area contributed by atoms with Crippen LogP contribution in [0.5, 0.6) is 0 Å². The molecule has 5 heteroatoms. The highest BCUT2D eigenvalue weighted by atomic mass is 16.2. The first kappa shape index (κ1) is 18.0. The Morgan fingerprint density at radius 1 is 1.19 bits per heavy atom. The van der Waals surface area contributed by atoms with E-state index in [-0.39, 0.29) is 11.3 Å². The lowest BCUT2D eigenvalue weighted by Gasteiger charge is -2.40. The van der Waals surface area contributed by atoms with E-state index in [1.54, 1.807) is 18.6 Å². The molecule has 1 aromatic heterocycles. The summed E-state index contributed by atoms with van der Waals surface area (Å²) in [6.45, 7) is 5.18. The number of piperidine rings is 1. The Bertz CT molecular complexity index is 771. The Labute approximate surface area is 161 Å². The number of carbonyl (C=O) groups excluding carboxylic acids is 1. The second-order valence-corrected chi connectivity index (χ2v) is 7.97. The van der Waals surface area contributed by atoms with E-state index in [0.29, 0.717) is 0 Å². The minimum Gasteiger partial charge on any atom is -0.345 e. The minimum absolute atomic E-state index is 0.114. The van der Waals surface area contributed by atoms with E-state index in [1.165, 1.54) is 24.9 Å². The van der Waals surface area contributed by atoms with Gasteiger partial charge in [0.15, 0.2) is 0 Å². The number of imidazole rings is 1. The van der Waals surface area contributed by atoms with E-state index in [2.05, 4.69) is 45.2 Å². The summed E-state index contributed by atoms with van der Waals surface area (Å²) in [5, 5.41) is 0. The molecule has 1 aromatic carbocycles. The highest BCUT2D eigenvalue weighted by molar-refractivity contribution is 5.91. The second-order valence-electron chi connectivity index (χ2n) is 7.97. The molecule has 0 aliphatic carbocycles. The zero-order valence-electron chi connectivity index (χ0n) is 15.8. The zero-order chi connectivity index (χ0) is 18.5. The Hall–Kier alpha value is -2.40. The Balaban J connectivity index is 1.31. The Morgan fingerprint density at radius 3 is 2.89 bits per heavy atom. The van der Waals surface area contributed by atoms with Crippen molar-refractivity contribution in [3.05, 3.63) is 60.2 Å². The third kappa shape index (κ3) is 4.48. The summed E-state index contributed by atoms with van der Waals surface area (Å²) in [7, 11) is 0. The number of rotatable bonds is 5. The molecule has 2 aliphatic heterocycles. The average Bonchev–Trinajstić information content (AvgIpc) is 3.36.